The molecule has 0 radical (unpaired) electrons. The second-order valence-corrected chi connectivity index (χ2v) is 19.4. The molecule has 3 amide bonds. The third-order valence-electron chi connectivity index (χ3n) is 11.8. The van der Waals surface area contributed by atoms with Crippen LogP contribution in [0.25, 0.3) is 10.9 Å². The van der Waals surface area contributed by atoms with Crippen molar-refractivity contribution in [3.8, 4) is 0 Å². The van der Waals surface area contributed by atoms with Gasteiger partial charge in [0.25, 0.3) is 5.91 Å². The van der Waals surface area contributed by atoms with Crippen LogP contribution < -0.4 is 10.2 Å². The van der Waals surface area contributed by atoms with Crippen molar-refractivity contribution in [2.75, 3.05) is 30.5 Å². The number of benzene rings is 3. The standard InChI is InChI=1S/C42H49FN4O7Si/c1-26-40(55(3,4)43)36(22-38(50)47-24-28-12-6-5-11-27(28)19-31(47)25-48)54-42(26)33-21-30(45-37(49)20-29-23-44-34-14-8-7-13-32(29)34)16-17-35(33)46(41(42)52)18-10-9-15-39(51)53-2/h5-8,11-14,16-17,21,23,26,31,36,40,44,48H,9-10,15,18-20,22,24-25H2,1-4H3,(H,45,49)/t26-,31+,36+,40-,42+/m1/s1. The van der Waals surface area contributed by atoms with Crippen molar-refractivity contribution in [2.24, 2.45) is 5.92 Å². The number of carbonyl (C=O) groups is 4. The molecule has 3 aromatic carbocycles. The minimum atomic E-state index is -3.60. The van der Waals surface area contributed by atoms with Gasteiger partial charge >= 0.3 is 5.97 Å². The van der Waals surface area contributed by atoms with Gasteiger partial charge in [-0.05, 0) is 73.3 Å². The van der Waals surface area contributed by atoms with Crippen molar-refractivity contribution in [3.05, 3.63) is 95.2 Å². The molecule has 5 atom stereocenters. The van der Waals surface area contributed by atoms with Gasteiger partial charge in [0.05, 0.1) is 44.4 Å². The van der Waals surface area contributed by atoms with Crippen LogP contribution >= 0.6 is 0 Å². The first-order chi connectivity index (χ1) is 26.3. The number of aromatic nitrogens is 1. The second-order valence-electron chi connectivity index (χ2n) is 15.6. The maximum atomic E-state index is 16.6. The number of aliphatic hydroxyl groups excluding tert-OH is 1. The Morgan fingerprint density at radius 1 is 1.07 bits per heavy atom. The topological polar surface area (TPSA) is 141 Å². The van der Waals surface area contributed by atoms with Gasteiger partial charge in [0, 0.05) is 59.3 Å². The zero-order valence-corrected chi connectivity index (χ0v) is 32.8. The summed E-state index contributed by atoms with van der Waals surface area (Å²) in [6, 6.07) is 20.4. The van der Waals surface area contributed by atoms with E-state index < -0.39 is 37.6 Å². The first-order valence-corrected chi connectivity index (χ1v) is 22.0. The monoisotopic (exact) mass is 768 g/mol. The highest BCUT2D eigenvalue weighted by molar-refractivity contribution is 6.72. The SMILES string of the molecule is COC(=O)CCCCN1C(=O)[C@@]2(O[C@@H](CC(=O)N3Cc4ccccc4C[C@H]3CO)[C@H]([Si](C)(C)F)[C@H]2C)c2cc(NC(=O)Cc3c[nH]c4ccccc34)ccc21. The van der Waals surface area contributed by atoms with Crippen LogP contribution in [0.3, 0.4) is 0 Å². The van der Waals surface area contributed by atoms with Crippen LogP contribution in [0.4, 0.5) is 15.5 Å². The molecule has 1 saturated heterocycles. The average molecular weight is 769 g/mol. The van der Waals surface area contributed by atoms with Gasteiger partial charge in [0.1, 0.15) is 0 Å². The van der Waals surface area contributed by atoms with Gasteiger partial charge in [-0.1, -0.05) is 49.4 Å². The summed E-state index contributed by atoms with van der Waals surface area (Å²) in [5, 5.41) is 14.3. The number of fused-ring (bicyclic) bond motifs is 4. The summed E-state index contributed by atoms with van der Waals surface area (Å²) >= 11 is 0. The fourth-order valence-electron chi connectivity index (χ4n) is 9.18. The van der Waals surface area contributed by atoms with Crippen LogP contribution in [-0.2, 0) is 53.6 Å². The van der Waals surface area contributed by atoms with Gasteiger partial charge < -0.3 is 38.8 Å². The van der Waals surface area contributed by atoms with E-state index in [1.807, 2.05) is 61.7 Å². The summed E-state index contributed by atoms with van der Waals surface area (Å²) in [7, 11) is -2.27. The number of amides is 3. The Kier molecular flexibility index (Phi) is 10.7. The highest BCUT2D eigenvalue weighted by Crippen LogP contribution is 2.60. The number of carbonyl (C=O) groups excluding carboxylic acids is 4. The van der Waals surface area contributed by atoms with Crippen LogP contribution in [-0.4, -0.2) is 79.5 Å². The number of aromatic amines is 1. The molecule has 290 valence electrons. The Bertz CT molecular complexity index is 2120. The summed E-state index contributed by atoms with van der Waals surface area (Å²) in [6.07, 6.45) is 2.57. The predicted octanol–water partition coefficient (Wildman–Crippen LogP) is 6.15. The number of unbranched alkanes of at least 4 members (excludes halogenated alkanes) is 1. The third kappa shape index (κ3) is 7.20. The smallest absolute Gasteiger partial charge is 0.305 e. The number of nitrogens with one attached hydrogen (secondary N) is 2. The highest BCUT2D eigenvalue weighted by Gasteiger charge is 2.67. The Hall–Kier alpha value is -4.85. The van der Waals surface area contributed by atoms with Gasteiger partial charge in [-0.3, -0.25) is 19.2 Å². The van der Waals surface area contributed by atoms with Crippen LogP contribution in [0.2, 0.25) is 18.6 Å². The molecule has 4 heterocycles. The minimum absolute atomic E-state index is 0.119. The van der Waals surface area contributed by atoms with E-state index in [4.69, 9.17) is 9.47 Å². The number of anilines is 2. The van der Waals surface area contributed by atoms with Crippen LogP contribution in [0.5, 0.6) is 0 Å². The molecule has 0 aliphatic carbocycles. The number of aliphatic hydroxyl groups is 1. The first-order valence-electron chi connectivity index (χ1n) is 19.1. The molecule has 0 saturated carbocycles. The van der Waals surface area contributed by atoms with E-state index in [0.717, 1.165) is 27.6 Å². The van der Waals surface area contributed by atoms with E-state index in [1.165, 1.54) is 7.11 Å². The molecule has 0 unspecified atom stereocenters. The molecule has 11 nitrogen and oxygen atoms in total. The number of esters is 1. The molecule has 55 heavy (non-hydrogen) atoms. The van der Waals surface area contributed by atoms with E-state index in [0.29, 0.717) is 42.7 Å². The number of H-pyrrole nitrogens is 1. The van der Waals surface area contributed by atoms with Crippen molar-refractivity contribution < 1.29 is 37.9 Å². The molecule has 1 fully saturated rings. The Labute approximate surface area is 321 Å². The van der Waals surface area contributed by atoms with E-state index >= 15 is 4.11 Å². The summed E-state index contributed by atoms with van der Waals surface area (Å²) < 4.78 is 28.3. The van der Waals surface area contributed by atoms with Crippen molar-refractivity contribution in [1.29, 1.82) is 0 Å². The van der Waals surface area contributed by atoms with E-state index in [2.05, 4.69) is 10.3 Å². The summed E-state index contributed by atoms with van der Waals surface area (Å²) in [5.74, 6) is -1.86. The largest absolute Gasteiger partial charge is 0.469 e. The number of nitrogens with zero attached hydrogens (tertiary/aromatic N) is 2. The fraction of sp³-hybridized carbons (Fsp3) is 0.429. The molecule has 3 aliphatic heterocycles. The molecule has 13 heteroatoms. The van der Waals surface area contributed by atoms with Crippen molar-refractivity contribution in [1.82, 2.24) is 9.88 Å². The zero-order chi connectivity index (χ0) is 39.1. The number of halogens is 1. The molecule has 3 aliphatic rings. The molecule has 7 rings (SSSR count). The molecular formula is C42H49FN4O7Si. The van der Waals surface area contributed by atoms with E-state index in [9.17, 15) is 24.3 Å². The molecule has 4 aromatic rings. The van der Waals surface area contributed by atoms with Gasteiger partial charge in [0.15, 0.2) is 5.60 Å². The highest BCUT2D eigenvalue weighted by atomic mass is 28.4. The normalized spacial score (nSPS) is 23.3. The number of ether oxygens (including phenoxy) is 2. The number of hydrogen-bond acceptors (Lipinski definition) is 7. The van der Waals surface area contributed by atoms with Crippen molar-refractivity contribution in [2.45, 2.75) is 88.4 Å². The lowest BCUT2D eigenvalue weighted by Gasteiger charge is -2.37. The minimum Gasteiger partial charge on any atom is -0.469 e. The molecule has 0 bridgehead atoms. The van der Waals surface area contributed by atoms with Gasteiger partial charge in [-0.15, -0.1) is 0 Å². The molecule has 1 spiro atoms. The maximum absolute atomic E-state index is 16.6. The van der Waals surface area contributed by atoms with Crippen LogP contribution in [0.1, 0.15) is 54.9 Å². The zero-order valence-electron chi connectivity index (χ0n) is 31.8. The van der Waals surface area contributed by atoms with Crippen LogP contribution in [0.15, 0.2) is 72.9 Å². The average Bonchev–Trinajstić information content (AvgIpc) is 3.78. The number of methoxy groups -OCH3 is 1. The molecule has 3 N–H and O–H groups in total. The van der Waals surface area contributed by atoms with Gasteiger partial charge in [-0.2, -0.15) is 0 Å². The Morgan fingerprint density at radius 3 is 2.56 bits per heavy atom. The second kappa shape index (κ2) is 15.4. The van der Waals surface area contributed by atoms with Crippen molar-refractivity contribution >= 4 is 54.4 Å². The molecular weight excluding hydrogens is 720 g/mol. The maximum Gasteiger partial charge on any atom is 0.305 e. The summed E-state index contributed by atoms with van der Waals surface area (Å²) in [5.41, 5.74) is 3.07. The quantitative estimate of drug-likeness (QED) is 0.0680. The number of rotatable bonds is 12. The number of para-hydroxylation sites is 1. The van der Waals surface area contributed by atoms with Gasteiger partial charge in [0.2, 0.25) is 20.2 Å². The number of hydrogen-bond donors (Lipinski definition) is 3. The molecule has 1 aromatic heterocycles. The van der Waals surface area contributed by atoms with Crippen molar-refractivity contribution in [3.63, 3.8) is 0 Å². The van der Waals surface area contributed by atoms with E-state index in [-0.39, 0.29) is 56.1 Å². The third-order valence-corrected chi connectivity index (χ3v) is 14.2. The first kappa shape index (κ1) is 38.4. The Balaban J connectivity index is 1.20. The lowest BCUT2D eigenvalue weighted by molar-refractivity contribution is -0.151. The lowest BCUT2D eigenvalue weighted by atomic mass is 9.82. The van der Waals surface area contributed by atoms with Gasteiger partial charge in [-0.25, -0.2) is 0 Å². The Morgan fingerprint density at radius 2 is 1.82 bits per heavy atom. The predicted molar refractivity (Wildman–Crippen MR) is 210 cm³/mol. The van der Waals surface area contributed by atoms with E-state index in [1.54, 1.807) is 41.1 Å². The lowest BCUT2D eigenvalue weighted by Crippen LogP contribution is -2.48. The fourth-order valence-corrected chi connectivity index (χ4v) is 11.7. The van der Waals surface area contributed by atoms with Crippen LogP contribution in [0, 0.1) is 5.92 Å². The summed E-state index contributed by atoms with van der Waals surface area (Å²) in [4.78, 5) is 60.9. The summed E-state index contributed by atoms with van der Waals surface area (Å²) in [6.45, 7) is 5.40.